The average Bonchev–Trinajstić information content (AvgIpc) is 3.21. The summed E-state index contributed by atoms with van der Waals surface area (Å²) < 4.78 is 7.13. The molecule has 3 aromatic rings. The van der Waals surface area contributed by atoms with E-state index in [9.17, 15) is 14.9 Å². The van der Waals surface area contributed by atoms with Crippen LogP contribution in [0, 0.1) is 10.1 Å². The zero-order valence-corrected chi connectivity index (χ0v) is 12.7. The third kappa shape index (κ3) is 3.14. The van der Waals surface area contributed by atoms with Crippen LogP contribution in [-0.2, 0) is 7.05 Å². The Morgan fingerprint density at radius 1 is 1.29 bits per heavy atom. The van der Waals surface area contributed by atoms with Crippen LogP contribution >= 0.6 is 0 Å². The minimum Gasteiger partial charge on any atom is -0.456 e. The van der Waals surface area contributed by atoms with Gasteiger partial charge in [-0.3, -0.25) is 19.6 Å². The van der Waals surface area contributed by atoms with Crippen molar-refractivity contribution in [3.63, 3.8) is 0 Å². The predicted octanol–water partition coefficient (Wildman–Crippen LogP) is 3.48. The maximum absolute atomic E-state index is 12.0. The molecular formula is C17H13N3O4. The van der Waals surface area contributed by atoms with Crippen molar-refractivity contribution >= 4 is 17.5 Å². The molecule has 0 aliphatic carbocycles. The van der Waals surface area contributed by atoms with Gasteiger partial charge in [-0.2, -0.15) is 5.10 Å². The van der Waals surface area contributed by atoms with E-state index in [0.717, 1.165) is 0 Å². The number of nitro benzene ring substituents is 1. The summed E-state index contributed by atoms with van der Waals surface area (Å²) in [5, 5.41) is 15.0. The zero-order valence-electron chi connectivity index (χ0n) is 12.7. The molecule has 0 radical (unpaired) electrons. The number of hydrogen-bond donors (Lipinski definition) is 0. The fraction of sp³-hybridized carbons (Fsp3) is 0.0588. The van der Waals surface area contributed by atoms with Crippen LogP contribution in [0.15, 0.2) is 59.3 Å². The Morgan fingerprint density at radius 3 is 2.79 bits per heavy atom. The molecule has 0 fully saturated rings. The molecule has 0 saturated heterocycles. The third-order valence-electron chi connectivity index (χ3n) is 3.38. The molecule has 0 aliphatic heterocycles. The number of ketones is 1. The van der Waals surface area contributed by atoms with Gasteiger partial charge in [0.05, 0.1) is 22.2 Å². The van der Waals surface area contributed by atoms with E-state index in [4.69, 9.17) is 4.42 Å². The van der Waals surface area contributed by atoms with Gasteiger partial charge in [0.1, 0.15) is 11.5 Å². The van der Waals surface area contributed by atoms with Gasteiger partial charge in [-0.1, -0.05) is 12.1 Å². The quantitative estimate of drug-likeness (QED) is 0.310. The lowest BCUT2D eigenvalue weighted by Gasteiger charge is -1.98. The number of hydrogen-bond acceptors (Lipinski definition) is 5. The summed E-state index contributed by atoms with van der Waals surface area (Å²) >= 11 is 0. The highest BCUT2D eigenvalue weighted by molar-refractivity contribution is 6.06. The second-order valence-corrected chi connectivity index (χ2v) is 5.08. The summed E-state index contributed by atoms with van der Waals surface area (Å²) in [4.78, 5) is 22.6. The first-order valence-electron chi connectivity index (χ1n) is 7.09. The van der Waals surface area contributed by atoms with E-state index in [1.54, 1.807) is 48.3 Å². The molecule has 0 amide bonds. The van der Waals surface area contributed by atoms with Crippen molar-refractivity contribution in [3.05, 3.63) is 76.3 Å². The molecule has 0 atom stereocenters. The number of nitro groups is 1. The van der Waals surface area contributed by atoms with Gasteiger partial charge in [0.15, 0.2) is 5.78 Å². The van der Waals surface area contributed by atoms with Gasteiger partial charge < -0.3 is 4.42 Å². The number of carbonyl (C=O) groups is 1. The van der Waals surface area contributed by atoms with Crippen molar-refractivity contribution in [3.8, 4) is 11.3 Å². The Hall–Kier alpha value is -3.48. The van der Waals surface area contributed by atoms with Gasteiger partial charge in [0.25, 0.3) is 5.69 Å². The van der Waals surface area contributed by atoms with E-state index in [1.165, 1.54) is 24.4 Å². The molecule has 0 spiro atoms. The van der Waals surface area contributed by atoms with E-state index in [0.29, 0.717) is 22.6 Å². The maximum atomic E-state index is 12.0. The first-order chi connectivity index (χ1) is 11.5. The molecule has 7 nitrogen and oxygen atoms in total. The van der Waals surface area contributed by atoms with Crippen LogP contribution < -0.4 is 0 Å². The van der Waals surface area contributed by atoms with Crippen molar-refractivity contribution in [1.82, 2.24) is 9.78 Å². The molecule has 0 aliphatic rings. The first-order valence-corrected chi connectivity index (χ1v) is 7.09. The van der Waals surface area contributed by atoms with E-state index in [-0.39, 0.29) is 11.5 Å². The molecule has 0 bridgehead atoms. The van der Waals surface area contributed by atoms with Crippen molar-refractivity contribution in [2.24, 2.45) is 7.05 Å². The van der Waals surface area contributed by atoms with Crippen molar-refractivity contribution in [2.75, 3.05) is 0 Å². The fourth-order valence-electron chi connectivity index (χ4n) is 2.23. The summed E-state index contributed by atoms with van der Waals surface area (Å²) in [6.45, 7) is 0. The van der Waals surface area contributed by atoms with Gasteiger partial charge in [-0.15, -0.1) is 0 Å². The van der Waals surface area contributed by atoms with Crippen LogP contribution in [0.4, 0.5) is 5.69 Å². The highest BCUT2D eigenvalue weighted by Gasteiger charge is 2.16. The second kappa shape index (κ2) is 6.33. The van der Waals surface area contributed by atoms with Gasteiger partial charge in [-0.05, 0) is 30.4 Å². The number of rotatable bonds is 5. The van der Waals surface area contributed by atoms with Crippen LogP contribution in [0.5, 0.6) is 0 Å². The molecule has 3 rings (SSSR count). The molecule has 2 aromatic heterocycles. The van der Waals surface area contributed by atoms with Crippen molar-refractivity contribution in [2.45, 2.75) is 0 Å². The van der Waals surface area contributed by atoms with Crippen LogP contribution in [-0.4, -0.2) is 20.5 Å². The molecule has 0 N–H and O–H groups in total. The number of nitrogens with zero attached hydrogens (tertiary/aromatic N) is 3. The van der Waals surface area contributed by atoms with E-state index in [2.05, 4.69) is 5.10 Å². The number of aryl methyl sites for hydroxylation is 1. The summed E-state index contributed by atoms with van der Waals surface area (Å²) in [6.07, 6.45) is 5.99. The van der Waals surface area contributed by atoms with Crippen LogP contribution in [0.2, 0.25) is 0 Å². The number of para-hydroxylation sites is 1. The van der Waals surface area contributed by atoms with Crippen molar-refractivity contribution in [1.29, 1.82) is 0 Å². The molecule has 24 heavy (non-hydrogen) atoms. The topological polar surface area (TPSA) is 91.2 Å². The number of carbonyl (C=O) groups excluding carboxylic acids is 1. The summed E-state index contributed by atoms with van der Waals surface area (Å²) in [7, 11) is 1.73. The highest BCUT2D eigenvalue weighted by Crippen LogP contribution is 2.31. The molecule has 0 unspecified atom stereocenters. The average molecular weight is 323 g/mol. The summed E-state index contributed by atoms with van der Waals surface area (Å²) in [6, 6.07) is 9.62. The summed E-state index contributed by atoms with van der Waals surface area (Å²) in [5.41, 5.74) is 0.828. The number of benzene rings is 1. The maximum Gasteiger partial charge on any atom is 0.280 e. The highest BCUT2D eigenvalue weighted by atomic mass is 16.6. The predicted molar refractivity (Wildman–Crippen MR) is 87.4 cm³/mol. The van der Waals surface area contributed by atoms with Gasteiger partial charge in [-0.25, -0.2) is 0 Å². The first kappa shape index (κ1) is 15.4. The number of furan rings is 1. The number of allylic oxidation sites excluding steroid dienone is 1. The van der Waals surface area contributed by atoms with Gasteiger partial charge >= 0.3 is 0 Å². The van der Waals surface area contributed by atoms with Crippen LogP contribution in [0.25, 0.3) is 17.4 Å². The lowest BCUT2D eigenvalue weighted by Crippen LogP contribution is -1.91. The Bertz CT molecular complexity index is 937. The standard InChI is InChI=1S/C17H13N3O4/c1-19-11-12(10-18-19)16(21)8-6-13-7-9-17(24-13)14-4-2-3-5-15(14)20(22)23/h2-11H,1H3. The smallest absolute Gasteiger partial charge is 0.280 e. The SMILES string of the molecule is Cn1cc(C(=O)C=Cc2ccc(-c3ccccc3[N+](=O)[O-])o2)cn1. The van der Waals surface area contributed by atoms with Crippen molar-refractivity contribution < 1.29 is 14.1 Å². The Morgan fingerprint density at radius 2 is 2.08 bits per heavy atom. The molecule has 120 valence electrons. The fourth-order valence-corrected chi connectivity index (χ4v) is 2.23. The lowest BCUT2D eigenvalue weighted by atomic mass is 10.1. The Balaban J connectivity index is 1.83. The second-order valence-electron chi connectivity index (χ2n) is 5.08. The zero-order chi connectivity index (χ0) is 17.1. The largest absolute Gasteiger partial charge is 0.456 e. The van der Waals surface area contributed by atoms with E-state index in [1.807, 2.05) is 0 Å². The molecular weight excluding hydrogens is 310 g/mol. The minimum atomic E-state index is -0.459. The van der Waals surface area contributed by atoms with Crippen LogP contribution in [0.1, 0.15) is 16.1 Å². The molecule has 0 saturated carbocycles. The minimum absolute atomic E-state index is 0.0335. The molecule has 7 heteroatoms. The Kier molecular flexibility index (Phi) is 4.07. The summed E-state index contributed by atoms with van der Waals surface area (Å²) in [5.74, 6) is 0.600. The van der Waals surface area contributed by atoms with E-state index >= 15 is 0 Å². The van der Waals surface area contributed by atoms with Gasteiger partial charge in [0.2, 0.25) is 0 Å². The normalized spacial score (nSPS) is 11.0. The van der Waals surface area contributed by atoms with E-state index < -0.39 is 4.92 Å². The molecule has 1 aromatic carbocycles. The lowest BCUT2D eigenvalue weighted by molar-refractivity contribution is -0.384. The molecule has 2 heterocycles. The third-order valence-corrected chi connectivity index (χ3v) is 3.38. The number of aromatic nitrogens is 2. The van der Waals surface area contributed by atoms with Gasteiger partial charge in [0, 0.05) is 19.3 Å². The Labute approximate surface area is 137 Å². The monoisotopic (exact) mass is 323 g/mol. The van der Waals surface area contributed by atoms with Crippen LogP contribution in [0.3, 0.4) is 0 Å².